The van der Waals surface area contributed by atoms with Crippen molar-refractivity contribution in [2.75, 3.05) is 0 Å². The number of nitriles is 1. The first-order valence-corrected chi connectivity index (χ1v) is 10.4. The lowest BCUT2D eigenvalue weighted by Crippen LogP contribution is -2.26. The second kappa shape index (κ2) is 6.65. The molecule has 138 valence electrons. The van der Waals surface area contributed by atoms with E-state index in [1.54, 1.807) is 11.3 Å². The number of fused-ring (bicyclic) bond motifs is 2. The molecule has 27 heavy (non-hydrogen) atoms. The van der Waals surface area contributed by atoms with Gasteiger partial charge in [-0.1, -0.05) is 39.0 Å². The van der Waals surface area contributed by atoms with Crippen LogP contribution in [0.15, 0.2) is 29.3 Å². The number of hydrogen-bond donors (Lipinski definition) is 1. The SMILES string of the molecule is Cc1[nH]c2ccccc2c1C=Nc1sc2c(c1C#N)CC[C@H](C(C)(C)C)C2. The number of aromatic amines is 1. The van der Waals surface area contributed by atoms with E-state index < -0.39 is 0 Å². The third-order valence-corrected chi connectivity index (χ3v) is 7.00. The Bertz CT molecular complexity index is 1070. The van der Waals surface area contributed by atoms with E-state index >= 15 is 0 Å². The summed E-state index contributed by atoms with van der Waals surface area (Å²) in [7, 11) is 0. The molecule has 1 aliphatic carbocycles. The van der Waals surface area contributed by atoms with Crippen molar-refractivity contribution in [1.29, 1.82) is 5.26 Å². The van der Waals surface area contributed by atoms with Gasteiger partial charge in [0.25, 0.3) is 0 Å². The number of aliphatic imine (C=N–C) groups is 1. The van der Waals surface area contributed by atoms with Gasteiger partial charge in [-0.2, -0.15) is 5.26 Å². The highest BCUT2D eigenvalue weighted by atomic mass is 32.1. The zero-order valence-corrected chi connectivity index (χ0v) is 17.2. The largest absolute Gasteiger partial charge is 0.358 e. The minimum Gasteiger partial charge on any atom is -0.358 e. The van der Waals surface area contributed by atoms with E-state index in [1.807, 2.05) is 18.3 Å². The van der Waals surface area contributed by atoms with Crippen LogP contribution in [0.3, 0.4) is 0 Å². The lowest BCUT2D eigenvalue weighted by molar-refractivity contribution is 0.218. The number of nitrogens with one attached hydrogen (secondary N) is 1. The number of rotatable bonds is 2. The van der Waals surface area contributed by atoms with Gasteiger partial charge in [0.1, 0.15) is 11.1 Å². The van der Waals surface area contributed by atoms with E-state index in [2.05, 4.69) is 50.9 Å². The average Bonchev–Trinajstić information content (AvgIpc) is 3.14. The van der Waals surface area contributed by atoms with Gasteiger partial charge in [-0.25, -0.2) is 4.99 Å². The summed E-state index contributed by atoms with van der Waals surface area (Å²) in [5.74, 6) is 0.669. The molecule has 4 rings (SSSR count). The predicted octanol–water partition coefficient (Wildman–Crippen LogP) is 6.31. The summed E-state index contributed by atoms with van der Waals surface area (Å²) in [5, 5.41) is 11.8. The molecule has 1 aromatic carbocycles. The topological polar surface area (TPSA) is 51.9 Å². The van der Waals surface area contributed by atoms with Gasteiger partial charge >= 0.3 is 0 Å². The minimum absolute atomic E-state index is 0.305. The van der Waals surface area contributed by atoms with Crippen LogP contribution in [0.5, 0.6) is 0 Å². The van der Waals surface area contributed by atoms with Crippen LogP contribution in [0.4, 0.5) is 5.00 Å². The summed E-state index contributed by atoms with van der Waals surface area (Å²) in [5.41, 5.74) is 5.66. The fourth-order valence-electron chi connectivity index (χ4n) is 4.10. The molecule has 0 radical (unpaired) electrons. The Balaban J connectivity index is 1.71. The van der Waals surface area contributed by atoms with Crippen LogP contribution in [0, 0.1) is 29.6 Å². The van der Waals surface area contributed by atoms with Crippen molar-refractivity contribution in [3.8, 4) is 6.07 Å². The van der Waals surface area contributed by atoms with Gasteiger partial charge in [-0.15, -0.1) is 11.3 Å². The van der Waals surface area contributed by atoms with Crippen LogP contribution in [-0.2, 0) is 12.8 Å². The monoisotopic (exact) mass is 375 g/mol. The van der Waals surface area contributed by atoms with E-state index in [4.69, 9.17) is 4.99 Å². The van der Waals surface area contributed by atoms with Gasteiger partial charge in [0.05, 0.1) is 5.56 Å². The molecule has 2 heterocycles. The zero-order chi connectivity index (χ0) is 19.2. The number of nitrogens with zero attached hydrogens (tertiary/aromatic N) is 2. The second-order valence-electron chi connectivity index (χ2n) is 8.57. The van der Waals surface area contributed by atoms with E-state index in [9.17, 15) is 5.26 Å². The van der Waals surface area contributed by atoms with Crippen molar-refractivity contribution < 1.29 is 0 Å². The van der Waals surface area contributed by atoms with Gasteiger partial charge < -0.3 is 4.98 Å². The van der Waals surface area contributed by atoms with Crippen LogP contribution in [0.1, 0.15) is 54.5 Å². The minimum atomic E-state index is 0.305. The highest BCUT2D eigenvalue weighted by molar-refractivity contribution is 7.16. The molecule has 0 amide bonds. The smallest absolute Gasteiger partial charge is 0.134 e. The van der Waals surface area contributed by atoms with Crippen LogP contribution in [-0.4, -0.2) is 11.2 Å². The summed E-state index contributed by atoms with van der Waals surface area (Å²) < 4.78 is 0. The van der Waals surface area contributed by atoms with Crippen LogP contribution >= 0.6 is 11.3 Å². The van der Waals surface area contributed by atoms with E-state index in [-0.39, 0.29) is 0 Å². The Kier molecular flexibility index (Phi) is 4.44. The van der Waals surface area contributed by atoms with E-state index in [0.29, 0.717) is 11.3 Å². The number of benzene rings is 1. The molecule has 3 aromatic rings. The van der Waals surface area contributed by atoms with Crippen molar-refractivity contribution in [2.45, 2.75) is 47.0 Å². The van der Waals surface area contributed by atoms with Crippen LogP contribution in [0.25, 0.3) is 10.9 Å². The van der Waals surface area contributed by atoms with Crippen molar-refractivity contribution in [2.24, 2.45) is 16.3 Å². The molecule has 1 N–H and O–H groups in total. The predicted molar refractivity (Wildman–Crippen MR) is 114 cm³/mol. The molecule has 1 aliphatic rings. The van der Waals surface area contributed by atoms with Gasteiger partial charge in [0, 0.05) is 33.3 Å². The number of aromatic nitrogens is 1. The second-order valence-corrected chi connectivity index (χ2v) is 9.65. The first kappa shape index (κ1) is 18.0. The van der Waals surface area contributed by atoms with Crippen LogP contribution in [0.2, 0.25) is 0 Å². The molecule has 0 unspecified atom stereocenters. The molecule has 0 fully saturated rings. The maximum Gasteiger partial charge on any atom is 0.134 e. The number of aryl methyl sites for hydroxylation is 1. The average molecular weight is 376 g/mol. The third-order valence-electron chi connectivity index (χ3n) is 5.84. The Morgan fingerprint density at radius 1 is 1.30 bits per heavy atom. The molecule has 0 aliphatic heterocycles. The molecule has 0 bridgehead atoms. The summed E-state index contributed by atoms with van der Waals surface area (Å²) in [6, 6.07) is 10.7. The molecule has 4 heteroatoms. The summed E-state index contributed by atoms with van der Waals surface area (Å²) in [6.45, 7) is 9.03. The van der Waals surface area contributed by atoms with E-state index in [0.717, 1.165) is 46.6 Å². The fourth-order valence-corrected chi connectivity index (χ4v) is 5.33. The molecule has 1 atom stereocenters. The normalized spacial score (nSPS) is 17.4. The Hall–Kier alpha value is -2.38. The third kappa shape index (κ3) is 3.21. The lowest BCUT2D eigenvalue weighted by atomic mass is 9.72. The number of H-pyrrole nitrogens is 1. The Morgan fingerprint density at radius 2 is 2.07 bits per heavy atom. The lowest BCUT2D eigenvalue weighted by Gasteiger charge is -2.33. The first-order chi connectivity index (χ1) is 12.9. The van der Waals surface area contributed by atoms with Crippen molar-refractivity contribution in [1.82, 2.24) is 4.98 Å². The molecule has 0 saturated heterocycles. The maximum absolute atomic E-state index is 9.75. The Labute approximate surface area is 164 Å². The first-order valence-electron chi connectivity index (χ1n) is 9.54. The van der Waals surface area contributed by atoms with E-state index in [1.165, 1.54) is 15.8 Å². The van der Waals surface area contributed by atoms with Crippen LogP contribution < -0.4 is 0 Å². The quantitative estimate of drug-likeness (QED) is 0.524. The molecule has 0 saturated carbocycles. The van der Waals surface area contributed by atoms with Gasteiger partial charge in [0.2, 0.25) is 0 Å². The van der Waals surface area contributed by atoms with Gasteiger partial charge in [0.15, 0.2) is 0 Å². The standard InChI is InChI=1S/C23H25N3S/c1-14-19(16-7-5-6-8-20(16)26-14)13-25-22-18(12-24)17-10-9-15(23(2,3)4)11-21(17)27-22/h5-8,13,15,26H,9-11H2,1-4H3/t15-/m0/s1. The number of para-hydroxylation sites is 1. The summed E-state index contributed by atoms with van der Waals surface area (Å²) in [4.78, 5) is 9.55. The summed E-state index contributed by atoms with van der Waals surface area (Å²) in [6.07, 6.45) is 5.15. The van der Waals surface area contributed by atoms with Crippen molar-refractivity contribution in [3.63, 3.8) is 0 Å². The fraction of sp³-hybridized carbons (Fsp3) is 0.391. The van der Waals surface area contributed by atoms with Crippen molar-refractivity contribution >= 4 is 33.5 Å². The molecule has 0 spiro atoms. The maximum atomic E-state index is 9.75. The van der Waals surface area contributed by atoms with Gasteiger partial charge in [-0.05, 0) is 49.1 Å². The molecule has 2 aromatic heterocycles. The van der Waals surface area contributed by atoms with Gasteiger partial charge in [-0.3, -0.25) is 0 Å². The molecule has 3 nitrogen and oxygen atoms in total. The molecular weight excluding hydrogens is 350 g/mol. The highest BCUT2D eigenvalue weighted by Crippen LogP contribution is 2.44. The number of thiophene rings is 1. The zero-order valence-electron chi connectivity index (χ0n) is 16.4. The number of hydrogen-bond acceptors (Lipinski definition) is 3. The van der Waals surface area contributed by atoms with Crippen molar-refractivity contribution in [3.05, 3.63) is 51.5 Å². The Morgan fingerprint density at radius 3 is 2.81 bits per heavy atom. The molecular formula is C23H25N3S. The highest BCUT2D eigenvalue weighted by Gasteiger charge is 2.32. The summed E-state index contributed by atoms with van der Waals surface area (Å²) >= 11 is 1.71.